The molecule has 3 rings (SSSR count). The summed E-state index contributed by atoms with van der Waals surface area (Å²) in [6.45, 7) is 7.55. The van der Waals surface area contributed by atoms with E-state index in [1.165, 1.54) is 25.0 Å². The maximum atomic E-state index is 13.4. The molecule has 5 heteroatoms. The number of amidine groups is 1. The van der Waals surface area contributed by atoms with Gasteiger partial charge < -0.3 is 10.6 Å². The van der Waals surface area contributed by atoms with E-state index in [0.717, 1.165) is 40.9 Å². The number of rotatable bonds is 9. The third kappa shape index (κ3) is 6.51. The van der Waals surface area contributed by atoms with Crippen molar-refractivity contribution in [3.05, 3.63) is 71.3 Å². The Morgan fingerprint density at radius 2 is 1.87 bits per heavy atom. The second-order valence-electron chi connectivity index (χ2n) is 8.25. The van der Waals surface area contributed by atoms with Crippen molar-refractivity contribution in [2.75, 3.05) is 0 Å². The van der Waals surface area contributed by atoms with Gasteiger partial charge in [-0.3, -0.25) is 9.79 Å². The van der Waals surface area contributed by atoms with Crippen molar-refractivity contribution < 1.29 is 9.18 Å². The smallest absolute Gasteiger partial charge is 0.154 e. The number of benzene rings is 2. The first-order chi connectivity index (χ1) is 14.9. The summed E-state index contributed by atoms with van der Waals surface area (Å²) < 4.78 is 13.4. The summed E-state index contributed by atoms with van der Waals surface area (Å²) in [7, 11) is 0. The molecule has 0 bridgehead atoms. The number of aryl methyl sites for hydroxylation is 1. The Morgan fingerprint density at radius 3 is 2.48 bits per heavy atom. The van der Waals surface area contributed by atoms with Crippen LogP contribution in [0, 0.1) is 12.7 Å². The molecule has 0 aliphatic heterocycles. The van der Waals surface area contributed by atoms with Crippen molar-refractivity contribution in [1.29, 1.82) is 0 Å². The third-order valence-electron chi connectivity index (χ3n) is 5.41. The Bertz CT molecular complexity index is 975. The number of aliphatic imine (C=N–C) groups is 1. The highest BCUT2D eigenvalue weighted by Gasteiger charge is 2.23. The number of nitrogens with one attached hydrogen (secondary N) is 2. The average Bonchev–Trinajstić information content (AvgIpc) is 3.56. The minimum atomic E-state index is -0.454. The van der Waals surface area contributed by atoms with Gasteiger partial charge in [0, 0.05) is 11.6 Å². The molecule has 2 aromatic carbocycles. The van der Waals surface area contributed by atoms with Crippen molar-refractivity contribution in [3.8, 4) is 11.1 Å². The molecule has 1 atom stereocenters. The van der Waals surface area contributed by atoms with Crippen LogP contribution in [0.2, 0.25) is 0 Å². The monoisotopic (exact) mass is 421 g/mol. The fourth-order valence-corrected chi connectivity index (χ4v) is 3.16. The quantitative estimate of drug-likeness (QED) is 0.415. The molecule has 1 unspecified atom stereocenters. The van der Waals surface area contributed by atoms with Crippen molar-refractivity contribution in [2.24, 2.45) is 4.99 Å². The topological polar surface area (TPSA) is 53.5 Å². The van der Waals surface area contributed by atoms with E-state index in [1.54, 1.807) is 19.1 Å². The van der Waals surface area contributed by atoms with E-state index >= 15 is 0 Å². The van der Waals surface area contributed by atoms with Crippen LogP contribution in [0.25, 0.3) is 11.1 Å². The molecule has 0 amide bonds. The number of hydrogen-bond donors (Lipinski definition) is 2. The number of halogens is 1. The van der Waals surface area contributed by atoms with Crippen LogP contribution in [0.1, 0.15) is 57.6 Å². The highest BCUT2D eigenvalue weighted by molar-refractivity contribution is 6.03. The number of ketones is 1. The van der Waals surface area contributed by atoms with Crippen molar-refractivity contribution in [2.45, 2.75) is 65.5 Å². The van der Waals surface area contributed by atoms with Gasteiger partial charge in [0.15, 0.2) is 5.78 Å². The van der Waals surface area contributed by atoms with Gasteiger partial charge in [-0.1, -0.05) is 37.6 Å². The van der Waals surface area contributed by atoms with Crippen LogP contribution in [-0.4, -0.2) is 23.7 Å². The summed E-state index contributed by atoms with van der Waals surface area (Å²) in [4.78, 5) is 16.7. The molecular weight excluding hydrogens is 389 g/mol. The lowest BCUT2D eigenvalue weighted by Crippen LogP contribution is -2.35. The molecule has 1 aliphatic carbocycles. The van der Waals surface area contributed by atoms with E-state index in [-0.39, 0.29) is 11.6 Å². The van der Waals surface area contributed by atoms with Gasteiger partial charge in [0.2, 0.25) is 0 Å². The first-order valence-electron chi connectivity index (χ1n) is 11.1. The summed E-state index contributed by atoms with van der Waals surface area (Å²) in [5.74, 6) is 1.36. The van der Waals surface area contributed by atoms with E-state index in [9.17, 15) is 9.18 Å². The first kappa shape index (κ1) is 22.7. The van der Waals surface area contributed by atoms with E-state index < -0.39 is 6.04 Å². The molecule has 0 heterocycles. The lowest BCUT2D eigenvalue weighted by atomic mass is 9.99. The number of carbonyl (C=O) groups excluding carboxylic acids is 1. The normalized spacial score (nSPS) is 15.5. The van der Waals surface area contributed by atoms with Gasteiger partial charge in [-0.25, -0.2) is 4.39 Å². The molecule has 0 spiro atoms. The summed E-state index contributed by atoms with van der Waals surface area (Å²) in [6, 6.07) is 12.6. The molecule has 1 aliphatic rings. The summed E-state index contributed by atoms with van der Waals surface area (Å²) in [5.41, 5.74) is 3.88. The lowest BCUT2D eigenvalue weighted by molar-refractivity contribution is -0.117. The SMILES string of the molecule is CCC/C=C(/NC(=NC(C)C(C)=O)c1cc(-c2ccc(F)cc2)ccc1C)NC1CC1. The van der Waals surface area contributed by atoms with Crippen molar-refractivity contribution in [3.63, 3.8) is 0 Å². The lowest BCUT2D eigenvalue weighted by Gasteiger charge is -2.19. The van der Waals surface area contributed by atoms with Gasteiger partial charge in [0.05, 0.1) is 0 Å². The van der Waals surface area contributed by atoms with Crippen LogP contribution < -0.4 is 10.6 Å². The Kier molecular flexibility index (Phi) is 7.61. The maximum Gasteiger partial charge on any atom is 0.154 e. The van der Waals surface area contributed by atoms with Crippen LogP contribution >= 0.6 is 0 Å². The molecule has 2 aromatic rings. The van der Waals surface area contributed by atoms with E-state index in [2.05, 4.69) is 29.7 Å². The highest BCUT2D eigenvalue weighted by Crippen LogP contribution is 2.24. The largest absolute Gasteiger partial charge is 0.369 e. The molecule has 0 radical (unpaired) electrons. The number of unbranched alkanes of at least 4 members (excludes halogenated alkanes) is 1. The van der Waals surface area contributed by atoms with Gasteiger partial charge in [0.1, 0.15) is 23.5 Å². The molecule has 0 aromatic heterocycles. The standard InChI is InChI=1S/C26H32FN3O/c1-5-6-7-25(29-23-14-15-23)30-26(28-18(3)19(4)31)24-16-21(9-8-17(24)2)20-10-12-22(27)13-11-20/h7-13,16,18,23,29H,5-6,14-15H2,1-4H3,(H,28,30)/b25-7+. The van der Waals surface area contributed by atoms with Gasteiger partial charge >= 0.3 is 0 Å². The Hall–Kier alpha value is -2.95. The zero-order valence-corrected chi connectivity index (χ0v) is 18.8. The second kappa shape index (κ2) is 10.4. The number of nitrogens with zero attached hydrogens (tertiary/aromatic N) is 1. The average molecular weight is 422 g/mol. The molecular formula is C26H32FN3O. The fourth-order valence-electron chi connectivity index (χ4n) is 3.16. The number of hydrogen-bond acceptors (Lipinski definition) is 3. The maximum absolute atomic E-state index is 13.4. The van der Waals surface area contributed by atoms with Crippen molar-refractivity contribution in [1.82, 2.24) is 10.6 Å². The summed E-state index contributed by atoms with van der Waals surface area (Å²) >= 11 is 0. The zero-order valence-electron chi connectivity index (χ0n) is 18.8. The minimum Gasteiger partial charge on any atom is -0.369 e. The van der Waals surface area contributed by atoms with Crippen molar-refractivity contribution >= 4 is 11.6 Å². The predicted octanol–water partition coefficient (Wildman–Crippen LogP) is 5.51. The van der Waals surface area contributed by atoms with E-state index in [4.69, 9.17) is 4.99 Å². The fraction of sp³-hybridized carbons (Fsp3) is 0.385. The number of allylic oxidation sites excluding steroid dienone is 1. The van der Waals surface area contributed by atoms with E-state index in [0.29, 0.717) is 11.9 Å². The van der Waals surface area contributed by atoms with Gasteiger partial charge in [-0.05, 0) is 81.0 Å². The van der Waals surface area contributed by atoms with Crippen LogP contribution in [0.3, 0.4) is 0 Å². The third-order valence-corrected chi connectivity index (χ3v) is 5.41. The van der Waals surface area contributed by atoms with Crippen LogP contribution in [0.4, 0.5) is 4.39 Å². The van der Waals surface area contributed by atoms with Crippen LogP contribution in [0.15, 0.2) is 59.4 Å². The predicted molar refractivity (Wildman–Crippen MR) is 126 cm³/mol. The highest BCUT2D eigenvalue weighted by atomic mass is 19.1. The minimum absolute atomic E-state index is 0.0147. The second-order valence-corrected chi connectivity index (χ2v) is 8.25. The molecule has 31 heavy (non-hydrogen) atoms. The zero-order chi connectivity index (χ0) is 22.4. The Labute approximate surface area is 184 Å². The Morgan fingerprint density at radius 1 is 1.19 bits per heavy atom. The number of carbonyl (C=O) groups is 1. The number of Topliss-reactive ketones (excluding diaryl/α,β-unsaturated/α-hetero) is 1. The molecule has 0 saturated heterocycles. The molecule has 1 saturated carbocycles. The van der Waals surface area contributed by atoms with Crippen LogP contribution in [0.5, 0.6) is 0 Å². The van der Waals surface area contributed by atoms with Gasteiger partial charge in [-0.2, -0.15) is 0 Å². The Balaban J connectivity index is 2.00. The first-order valence-corrected chi connectivity index (χ1v) is 11.1. The van der Waals surface area contributed by atoms with Gasteiger partial charge in [-0.15, -0.1) is 0 Å². The van der Waals surface area contributed by atoms with E-state index in [1.807, 2.05) is 26.0 Å². The van der Waals surface area contributed by atoms with Crippen LogP contribution in [-0.2, 0) is 4.79 Å². The summed E-state index contributed by atoms with van der Waals surface area (Å²) in [6.07, 6.45) is 6.49. The van der Waals surface area contributed by atoms with Gasteiger partial charge in [0.25, 0.3) is 0 Å². The molecule has 1 fully saturated rings. The summed E-state index contributed by atoms with van der Waals surface area (Å²) in [5, 5.41) is 7.02. The molecule has 4 nitrogen and oxygen atoms in total. The molecule has 164 valence electrons. The molecule has 2 N–H and O–H groups in total.